The predicted octanol–water partition coefficient (Wildman–Crippen LogP) is 1.32. The number of piperidine rings is 1. The number of hydrogen-bond acceptors (Lipinski definition) is 3. The van der Waals surface area contributed by atoms with Gasteiger partial charge >= 0.3 is 0 Å². The van der Waals surface area contributed by atoms with Crippen LogP contribution in [0.2, 0.25) is 0 Å². The fourth-order valence-corrected chi connectivity index (χ4v) is 3.45. The molecular weight excluding hydrogens is 238 g/mol. The van der Waals surface area contributed by atoms with Crippen LogP contribution in [0.1, 0.15) is 40.0 Å². The van der Waals surface area contributed by atoms with E-state index in [-0.39, 0.29) is 5.92 Å². The van der Waals surface area contributed by atoms with Crippen LogP contribution in [-0.4, -0.2) is 60.5 Å². The van der Waals surface area contributed by atoms with Crippen molar-refractivity contribution in [1.29, 1.82) is 0 Å². The SMILES string of the molecule is CCN(CC)C1CCN(C(=O)C2CCC(C)NC2)C1. The van der Waals surface area contributed by atoms with Crippen LogP contribution in [0.5, 0.6) is 0 Å². The average molecular weight is 267 g/mol. The molecule has 2 rings (SSSR count). The molecule has 0 spiro atoms. The maximum absolute atomic E-state index is 12.5. The third kappa shape index (κ3) is 3.48. The van der Waals surface area contributed by atoms with Gasteiger partial charge in [-0.25, -0.2) is 0 Å². The highest BCUT2D eigenvalue weighted by Gasteiger charge is 2.33. The molecule has 3 unspecified atom stereocenters. The zero-order valence-electron chi connectivity index (χ0n) is 12.7. The van der Waals surface area contributed by atoms with Crippen molar-refractivity contribution in [2.24, 2.45) is 5.92 Å². The Morgan fingerprint density at radius 1 is 1.26 bits per heavy atom. The molecule has 0 aromatic carbocycles. The Balaban J connectivity index is 1.84. The quantitative estimate of drug-likeness (QED) is 0.834. The van der Waals surface area contributed by atoms with Crippen molar-refractivity contribution in [2.45, 2.75) is 52.1 Å². The highest BCUT2D eigenvalue weighted by Crippen LogP contribution is 2.21. The van der Waals surface area contributed by atoms with E-state index in [2.05, 4.69) is 35.9 Å². The Kier molecular flexibility index (Phi) is 5.22. The number of amides is 1. The van der Waals surface area contributed by atoms with Crippen molar-refractivity contribution in [1.82, 2.24) is 15.1 Å². The molecule has 1 N–H and O–H groups in total. The highest BCUT2D eigenvalue weighted by molar-refractivity contribution is 5.79. The first kappa shape index (κ1) is 14.8. The lowest BCUT2D eigenvalue weighted by Gasteiger charge is -2.31. The number of rotatable bonds is 4. The molecule has 110 valence electrons. The van der Waals surface area contributed by atoms with E-state index >= 15 is 0 Å². The molecule has 1 amide bonds. The lowest BCUT2D eigenvalue weighted by molar-refractivity contribution is -0.135. The minimum atomic E-state index is 0.214. The summed E-state index contributed by atoms with van der Waals surface area (Å²) in [4.78, 5) is 17.1. The highest BCUT2D eigenvalue weighted by atomic mass is 16.2. The number of carbonyl (C=O) groups is 1. The van der Waals surface area contributed by atoms with E-state index in [1.807, 2.05) is 0 Å². The summed E-state index contributed by atoms with van der Waals surface area (Å²) in [6, 6.07) is 1.15. The monoisotopic (exact) mass is 267 g/mol. The first-order valence-corrected chi connectivity index (χ1v) is 7.91. The van der Waals surface area contributed by atoms with Crippen LogP contribution in [0, 0.1) is 5.92 Å². The molecule has 0 saturated carbocycles. The second-order valence-electron chi connectivity index (χ2n) is 6.03. The van der Waals surface area contributed by atoms with Gasteiger partial charge in [-0.05, 0) is 39.3 Å². The molecular formula is C15H29N3O. The van der Waals surface area contributed by atoms with E-state index in [0.29, 0.717) is 18.0 Å². The van der Waals surface area contributed by atoms with Gasteiger partial charge in [0.2, 0.25) is 5.91 Å². The van der Waals surface area contributed by atoms with Crippen molar-refractivity contribution < 1.29 is 4.79 Å². The molecule has 0 aromatic rings. The van der Waals surface area contributed by atoms with Crippen molar-refractivity contribution >= 4 is 5.91 Å². The molecule has 4 nitrogen and oxygen atoms in total. The van der Waals surface area contributed by atoms with Gasteiger partial charge < -0.3 is 10.2 Å². The average Bonchev–Trinajstić information content (AvgIpc) is 2.90. The number of carbonyl (C=O) groups excluding carboxylic acids is 1. The Morgan fingerprint density at radius 2 is 2.00 bits per heavy atom. The summed E-state index contributed by atoms with van der Waals surface area (Å²) in [7, 11) is 0. The van der Waals surface area contributed by atoms with Crippen molar-refractivity contribution in [3.8, 4) is 0 Å². The zero-order valence-corrected chi connectivity index (χ0v) is 12.7. The zero-order chi connectivity index (χ0) is 13.8. The Hall–Kier alpha value is -0.610. The Labute approximate surface area is 117 Å². The first-order valence-electron chi connectivity index (χ1n) is 7.91. The fraction of sp³-hybridized carbons (Fsp3) is 0.933. The van der Waals surface area contributed by atoms with E-state index in [4.69, 9.17) is 0 Å². The van der Waals surface area contributed by atoms with Crippen molar-refractivity contribution in [2.75, 3.05) is 32.7 Å². The molecule has 19 heavy (non-hydrogen) atoms. The first-order chi connectivity index (χ1) is 9.15. The Morgan fingerprint density at radius 3 is 2.58 bits per heavy atom. The predicted molar refractivity (Wildman–Crippen MR) is 78.1 cm³/mol. The van der Waals surface area contributed by atoms with Crippen LogP contribution in [0.4, 0.5) is 0 Å². The van der Waals surface area contributed by atoms with Gasteiger partial charge in [-0.3, -0.25) is 9.69 Å². The molecule has 2 saturated heterocycles. The molecule has 0 aromatic heterocycles. The van der Waals surface area contributed by atoms with Crippen LogP contribution in [0.15, 0.2) is 0 Å². The summed E-state index contributed by atoms with van der Waals surface area (Å²) in [5.74, 6) is 0.598. The summed E-state index contributed by atoms with van der Waals surface area (Å²) < 4.78 is 0. The van der Waals surface area contributed by atoms with E-state index in [0.717, 1.165) is 52.0 Å². The maximum Gasteiger partial charge on any atom is 0.227 e. The third-order valence-electron chi connectivity index (χ3n) is 4.81. The third-order valence-corrected chi connectivity index (χ3v) is 4.81. The van der Waals surface area contributed by atoms with E-state index in [1.165, 1.54) is 0 Å². The van der Waals surface area contributed by atoms with E-state index in [9.17, 15) is 4.79 Å². The molecule has 2 fully saturated rings. The van der Waals surface area contributed by atoms with Gasteiger partial charge in [0.05, 0.1) is 5.92 Å². The van der Waals surface area contributed by atoms with Crippen LogP contribution in [0.3, 0.4) is 0 Å². The smallest absolute Gasteiger partial charge is 0.227 e. The number of hydrogen-bond donors (Lipinski definition) is 1. The molecule has 2 heterocycles. The number of nitrogens with zero attached hydrogens (tertiary/aromatic N) is 2. The largest absolute Gasteiger partial charge is 0.341 e. The lowest BCUT2D eigenvalue weighted by atomic mass is 9.94. The molecule has 3 atom stereocenters. The van der Waals surface area contributed by atoms with Gasteiger partial charge in [-0.2, -0.15) is 0 Å². The number of likely N-dealkylation sites (N-methyl/N-ethyl adjacent to an activating group) is 1. The number of nitrogens with one attached hydrogen (secondary N) is 1. The minimum absolute atomic E-state index is 0.214. The van der Waals surface area contributed by atoms with Gasteiger partial charge in [0.25, 0.3) is 0 Å². The second-order valence-corrected chi connectivity index (χ2v) is 6.03. The molecule has 0 bridgehead atoms. The van der Waals surface area contributed by atoms with Gasteiger partial charge in [0.15, 0.2) is 0 Å². The summed E-state index contributed by atoms with van der Waals surface area (Å²) in [6.07, 6.45) is 3.33. The standard InChI is InChI=1S/C15H29N3O/c1-4-17(5-2)14-8-9-18(11-14)15(19)13-7-6-12(3)16-10-13/h12-14,16H,4-11H2,1-3H3. The second kappa shape index (κ2) is 6.71. The topological polar surface area (TPSA) is 35.6 Å². The molecule has 2 aliphatic heterocycles. The van der Waals surface area contributed by atoms with Gasteiger partial charge in [0.1, 0.15) is 0 Å². The maximum atomic E-state index is 12.5. The number of likely N-dealkylation sites (tertiary alicyclic amines) is 1. The normalized spacial score (nSPS) is 32.0. The van der Waals surface area contributed by atoms with E-state index in [1.54, 1.807) is 0 Å². The molecule has 0 aliphatic carbocycles. The van der Waals surface area contributed by atoms with Crippen molar-refractivity contribution in [3.63, 3.8) is 0 Å². The summed E-state index contributed by atoms with van der Waals surface area (Å²) in [6.45, 7) is 11.6. The van der Waals surface area contributed by atoms with Crippen molar-refractivity contribution in [3.05, 3.63) is 0 Å². The van der Waals surface area contributed by atoms with Gasteiger partial charge in [-0.1, -0.05) is 13.8 Å². The molecule has 4 heteroatoms. The summed E-state index contributed by atoms with van der Waals surface area (Å²) in [5, 5.41) is 3.43. The van der Waals surface area contributed by atoms with Crippen LogP contribution >= 0.6 is 0 Å². The van der Waals surface area contributed by atoms with Crippen LogP contribution in [-0.2, 0) is 4.79 Å². The Bertz CT molecular complexity index is 296. The molecule has 0 radical (unpaired) electrons. The summed E-state index contributed by atoms with van der Waals surface area (Å²) >= 11 is 0. The van der Waals surface area contributed by atoms with Crippen LogP contribution in [0.25, 0.3) is 0 Å². The van der Waals surface area contributed by atoms with E-state index < -0.39 is 0 Å². The lowest BCUT2D eigenvalue weighted by Crippen LogP contribution is -2.46. The van der Waals surface area contributed by atoms with Gasteiger partial charge in [-0.15, -0.1) is 0 Å². The molecule has 2 aliphatic rings. The van der Waals surface area contributed by atoms with Gasteiger partial charge in [0, 0.05) is 31.7 Å². The van der Waals surface area contributed by atoms with Crippen LogP contribution < -0.4 is 5.32 Å². The summed E-state index contributed by atoms with van der Waals surface area (Å²) in [5.41, 5.74) is 0. The fourth-order valence-electron chi connectivity index (χ4n) is 3.45. The minimum Gasteiger partial charge on any atom is -0.341 e.